The molecule has 0 atom stereocenters. The second kappa shape index (κ2) is 7.99. The van der Waals surface area contributed by atoms with Gasteiger partial charge in [0.25, 0.3) is 5.91 Å². The number of carbonyl (C=O) groups is 1. The van der Waals surface area contributed by atoms with Crippen LogP contribution >= 0.6 is 0 Å². The number of nitrogen functional groups attached to an aromatic ring is 1. The van der Waals surface area contributed by atoms with Crippen molar-refractivity contribution in [1.82, 2.24) is 9.97 Å². The maximum absolute atomic E-state index is 12.6. The van der Waals surface area contributed by atoms with Gasteiger partial charge in [-0.2, -0.15) is 0 Å². The molecule has 168 valence electrons. The number of pyridine rings is 2. The molecule has 34 heavy (non-hydrogen) atoms. The van der Waals surface area contributed by atoms with Crippen LogP contribution in [0.25, 0.3) is 11.1 Å². The van der Waals surface area contributed by atoms with Crippen LogP contribution in [0.15, 0.2) is 85.2 Å². The Hall–Kier alpha value is -4.19. The predicted octanol–water partition coefficient (Wildman–Crippen LogP) is 4.88. The molecule has 1 fully saturated rings. The fourth-order valence-electron chi connectivity index (χ4n) is 5.40. The lowest BCUT2D eigenvalue weighted by Crippen LogP contribution is -2.43. The number of hydrogen-bond donors (Lipinski definition) is 2. The van der Waals surface area contributed by atoms with Gasteiger partial charge in [0, 0.05) is 36.5 Å². The SMILES string of the molecule is Nc1ccccc1NC(=O)c1ccc(N2CCC3(CC2)c2ccccc2-c2cccnc23)nc1. The van der Waals surface area contributed by atoms with Crippen LogP contribution in [0.1, 0.15) is 34.5 Å². The molecule has 6 nitrogen and oxygen atoms in total. The van der Waals surface area contributed by atoms with Gasteiger partial charge < -0.3 is 16.0 Å². The Morgan fingerprint density at radius 2 is 1.65 bits per heavy atom. The van der Waals surface area contributed by atoms with Crippen LogP contribution in [0.3, 0.4) is 0 Å². The number of nitrogens with zero attached hydrogens (tertiary/aromatic N) is 3. The van der Waals surface area contributed by atoms with E-state index in [9.17, 15) is 4.79 Å². The minimum Gasteiger partial charge on any atom is -0.397 e. The number of carbonyl (C=O) groups excluding carboxylic acids is 1. The first-order chi connectivity index (χ1) is 16.7. The Morgan fingerprint density at radius 3 is 2.44 bits per heavy atom. The summed E-state index contributed by atoms with van der Waals surface area (Å²) < 4.78 is 0. The maximum atomic E-state index is 12.6. The fourth-order valence-corrected chi connectivity index (χ4v) is 5.40. The second-order valence-corrected chi connectivity index (χ2v) is 8.96. The van der Waals surface area contributed by atoms with Crippen LogP contribution < -0.4 is 16.0 Å². The molecule has 1 amide bonds. The van der Waals surface area contributed by atoms with E-state index in [1.54, 1.807) is 18.3 Å². The van der Waals surface area contributed by atoms with Crippen LogP contribution in [0.4, 0.5) is 17.2 Å². The van der Waals surface area contributed by atoms with Crippen LogP contribution in [0, 0.1) is 0 Å². The Morgan fingerprint density at radius 1 is 0.882 bits per heavy atom. The molecule has 1 saturated heterocycles. The lowest BCUT2D eigenvalue weighted by atomic mass is 9.73. The van der Waals surface area contributed by atoms with Gasteiger partial charge in [-0.05, 0) is 54.3 Å². The zero-order chi connectivity index (χ0) is 23.1. The van der Waals surface area contributed by atoms with Gasteiger partial charge in [-0.1, -0.05) is 42.5 Å². The van der Waals surface area contributed by atoms with Gasteiger partial charge >= 0.3 is 0 Å². The number of nitrogens with two attached hydrogens (primary N) is 1. The number of fused-ring (bicyclic) bond motifs is 5. The Kier molecular flexibility index (Phi) is 4.80. The molecule has 6 heteroatoms. The standard InChI is InChI=1S/C28H25N5O/c29-23-9-3-4-10-24(23)32-27(34)19-11-12-25(31-18-19)33-16-13-28(14-17-33)22-8-2-1-6-20(22)21-7-5-15-30-26(21)28/h1-12,15,18H,13-14,16-17,29H2,(H,32,34). The number of aromatic nitrogens is 2. The average Bonchev–Trinajstić information content (AvgIpc) is 3.16. The molecule has 0 radical (unpaired) electrons. The highest BCUT2D eigenvalue weighted by Gasteiger charge is 2.46. The monoisotopic (exact) mass is 447 g/mol. The smallest absolute Gasteiger partial charge is 0.257 e. The van der Waals surface area contributed by atoms with Gasteiger partial charge in [0.2, 0.25) is 0 Å². The molecule has 3 heterocycles. The number of piperidine rings is 1. The van der Waals surface area contributed by atoms with Crippen LogP contribution in [0.2, 0.25) is 0 Å². The first-order valence-corrected chi connectivity index (χ1v) is 11.6. The summed E-state index contributed by atoms with van der Waals surface area (Å²) in [6.45, 7) is 1.76. The van der Waals surface area contributed by atoms with Crippen molar-refractivity contribution in [3.63, 3.8) is 0 Å². The van der Waals surface area contributed by atoms with Crippen LogP contribution in [-0.2, 0) is 5.41 Å². The first-order valence-electron chi connectivity index (χ1n) is 11.6. The number of benzene rings is 2. The summed E-state index contributed by atoms with van der Waals surface area (Å²) in [5, 5.41) is 2.85. The third-order valence-electron chi connectivity index (χ3n) is 7.15. The quantitative estimate of drug-likeness (QED) is 0.438. The number of anilines is 3. The van der Waals surface area contributed by atoms with Crippen molar-refractivity contribution in [2.75, 3.05) is 29.0 Å². The summed E-state index contributed by atoms with van der Waals surface area (Å²) in [5.74, 6) is 0.665. The summed E-state index contributed by atoms with van der Waals surface area (Å²) in [6.07, 6.45) is 5.50. The van der Waals surface area contributed by atoms with Crippen LogP contribution in [0.5, 0.6) is 0 Å². The zero-order valence-electron chi connectivity index (χ0n) is 18.7. The van der Waals surface area contributed by atoms with E-state index in [4.69, 9.17) is 10.7 Å². The molecule has 2 aromatic carbocycles. The van der Waals surface area contributed by atoms with E-state index in [1.807, 2.05) is 36.5 Å². The lowest BCUT2D eigenvalue weighted by Gasteiger charge is -2.40. The number of hydrogen-bond acceptors (Lipinski definition) is 5. The molecule has 4 aromatic rings. The molecule has 1 aliphatic carbocycles. The molecular weight excluding hydrogens is 422 g/mol. The maximum Gasteiger partial charge on any atom is 0.257 e. The van der Waals surface area contributed by atoms with E-state index < -0.39 is 0 Å². The molecule has 1 spiro atoms. The summed E-state index contributed by atoms with van der Waals surface area (Å²) in [6, 6.07) is 23.9. The van der Waals surface area contributed by atoms with E-state index in [2.05, 4.69) is 45.5 Å². The van der Waals surface area contributed by atoms with Gasteiger partial charge in [0.1, 0.15) is 5.82 Å². The van der Waals surface area contributed by atoms with Gasteiger partial charge in [0.05, 0.1) is 22.6 Å². The largest absolute Gasteiger partial charge is 0.397 e. The molecular formula is C28H25N5O. The highest BCUT2D eigenvalue weighted by atomic mass is 16.1. The number of nitrogens with one attached hydrogen (secondary N) is 1. The summed E-state index contributed by atoms with van der Waals surface area (Å²) >= 11 is 0. The highest BCUT2D eigenvalue weighted by Crippen LogP contribution is 2.53. The predicted molar refractivity (Wildman–Crippen MR) is 135 cm³/mol. The minimum absolute atomic E-state index is 0.0425. The third-order valence-corrected chi connectivity index (χ3v) is 7.15. The van der Waals surface area contributed by atoms with Crippen molar-refractivity contribution in [3.05, 3.63) is 102 Å². The first kappa shape index (κ1) is 20.4. The number of amides is 1. The Bertz CT molecular complexity index is 1330. The summed E-state index contributed by atoms with van der Waals surface area (Å²) in [4.78, 5) is 24.4. The van der Waals surface area contributed by atoms with Gasteiger partial charge in [0.15, 0.2) is 0 Å². The van der Waals surface area contributed by atoms with Crippen molar-refractivity contribution in [1.29, 1.82) is 0 Å². The molecule has 0 bridgehead atoms. The van der Waals surface area contributed by atoms with E-state index in [0.29, 0.717) is 16.9 Å². The highest BCUT2D eigenvalue weighted by molar-refractivity contribution is 6.05. The molecule has 0 saturated carbocycles. The van der Waals surface area contributed by atoms with Crippen molar-refractivity contribution in [3.8, 4) is 11.1 Å². The van der Waals surface area contributed by atoms with E-state index in [-0.39, 0.29) is 11.3 Å². The average molecular weight is 448 g/mol. The Labute approximate surface area is 198 Å². The number of para-hydroxylation sites is 2. The molecule has 6 rings (SSSR count). The molecule has 2 aliphatic rings. The van der Waals surface area contributed by atoms with E-state index >= 15 is 0 Å². The van der Waals surface area contributed by atoms with Crippen molar-refractivity contribution in [2.45, 2.75) is 18.3 Å². The van der Waals surface area contributed by atoms with Gasteiger partial charge in [-0.15, -0.1) is 0 Å². The van der Waals surface area contributed by atoms with Crippen LogP contribution in [-0.4, -0.2) is 29.0 Å². The normalized spacial score (nSPS) is 15.6. The van der Waals surface area contributed by atoms with E-state index in [1.165, 1.54) is 22.4 Å². The summed E-state index contributed by atoms with van der Waals surface area (Å²) in [5.41, 5.74) is 12.7. The van der Waals surface area contributed by atoms with E-state index in [0.717, 1.165) is 31.7 Å². The molecule has 0 unspecified atom stereocenters. The Balaban J connectivity index is 1.19. The summed E-state index contributed by atoms with van der Waals surface area (Å²) in [7, 11) is 0. The van der Waals surface area contributed by atoms with Gasteiger partial charge in [-0.3, -0.25) is 9.78 Å². The fraction of sp³-hybridized carbons (Fsp3) is 0.179. The number of rotatable bonds is 3. The van der Waals surface area contributed by atoms with Crippen molar-refractivity contribution >= 4 is 23.1 Å². The molecule has 1 aliphatic heterocycles. The third kappa shape index (κ3) is 3.22. The van der Waals surface area contributed by atoms with Gasteiger partial charge in [-0.25, -0.2) is 4.98 Å². The minimum atomic E-state index is -0.222. The lowest BCUT2D eigenvalue weighted by molar-refractivity contribution is 0.102. The zero-order valence-corrected chi connectivity index (χ0v) is 18.7. The van der Waals surface area contributed by atoms with Crippen molar-refractivity contribution in [2.24, 2.45) is 0 Å². The van der Waals surface area contributed by atoms with Crippen molar-refractivity contribution < 1.29 is 4.79 Å². The molecule has 3 N–H and O–H groups in total. The second-order valence-electron chi connectivity index (χ2n) is 8.96. The topological polar surface area (TPSA) is 84.1 Å². The molecule has 2 aromatic heterocycles.